The third kappa shape index (κ3) is 6.23. The third-order valence-electron chi connectivity index (χ3n) is 5.58. The summed E-state index contributed by atoms with van der Waals surface area (Å²) in [6, 6.07) is 13.4. The monoisotopic (exact) mass is 501 g/mol. The standard InChI is InChI=1S/C27H35NO6S/c1-18-12-11-13-19(16-18)23-22(35(31,32)20-14-9-8-10-15-20)17-21(24(29)33-26(2,3)4)28(23)25(30)34-27(5,6)7/h8-16,21-23H,17H2,1-7H3/t21-,22?,23?/m0/s1. The first-order chi connectivity index (χ1) is 16.1. The average molecular weight is 502 g/mol. The Morgan fingerprint density at radius 2 is 1.49 bits per heavy atom. The molecule has 1 fully saturated rings. The van der Waals surface area contributed by atoms with Crippen LogP contribution < -0.4 is 0 Å². The number of rotatable bonds is 4. The van der Waals surface area contributed by atoms with Gasteiger partial charge in [0.25, 0.3) is 0 Å². The summed E-state index contributed by atoms with van der Waals surface area (Å²) in [4.78, 5) is 28.2. The van der Waals surface area contributed by atoms with Crippen molar-refractivity contribution in [2.75, 3.05) is 0 Å². The lowest BCUT2D eigenvalue weighted by molar-refractivity contribution is -0.160. The third-order valence-corrected chi connectivity index (χ3v) is 7.76. The van der Waals surface area contributed by atoms with E-state index in [1.807, 2.05) is 25.1 Å². The zero-order chi connectivity index (χ0) is 26.2. The number of carbonyl (C=O) groups is 2. The van der Waals surface area contributed by atoms with Crippen LogP contribution >= 0.6 is 0 Å². The molecule has 2 unspecified atom stereocenters. The Bertz CT molecular complexity index is 1180. The topological polar surface area (TPSA) is 90.0 Å². The highest BCUT2D eigenvalue weighted by Crippen LogP contribution is 2.44. The van der Waals surface area contributed by atoms with E-state index >= 15 is 0 Å². The van der Waals surface area contributed by atoms with Crippen LogP contribution in [0.2, 0.25) is 0 Å². The number of aryl methyl sites for hydroxylation is 1. The Kier molecular flexibility index (Phi) is 7.37. The van der Waals surface area contributed by atoms with Crippen molar-refractivity contribution in [3.8, 4) is 0 Å². The summed E-state index contributed by atoms with van der Waals surface area (Å²) >= 11 is 0. The summed E-state index contributed by atoms with van der Waals surface area (Å²) in [5.41, 5.74) is -0.135. The second-order valence-corrected chi connectivity index (χ2v) is 13.1. The number of amides is 1. The van der Waals surface area contributed by atoms with E-state index in [0.717, 1.165) is 5.56 Å². The fourth-order valence-electron chi connectivity index (χ4n) is 4.28. The minimum Gasteiger partial charge on any atom is -0.458 e. The number of esters is 1. The molecule has 0 aromatic heterocycles. The van der Waals surface area contributed by atoms with Gasteiger partial charge in [-0.05, 0) is 72.6 Å². The Hall–Kier alpha value is -2.87. The molecule has 0 aliphatic carbocycles. The Labute approximate surface area is 208 Å². The second kappa shape index (κ2) is 9.64. The van der Waals surface area contributed by atoms with Gasteiger partial charge in [0, 0.05) is 0 Å². The number of likely N-dealkylation sites (tertiary alicyclic amines) is 1. The van der Waals surface area contributed by atoms with Gasteiger partial charge in [0.05, 0.1) is 16.2 Å². The van der Waals surface area contributed by atoms with Gasteiger partial charge in [0.15, 0.2) is 9.84 Å². The van der Waals surface area contributed by atoms with Crippen molar-refractivity contribution < 1.29 is 27.5 Å². The molecule has 8 heteroatoms. The summed E-state index contributed by atoms with van der Waals surface area (Å²) < 4.78 is 39.0. The number of ether oxygens (including phenoxy) is 2. The van der Waals surface area contributed by atoms with E-state index in [-0.39, 0.29) is 11.3 Å². The summed E-state index contributed by atoms with van der Waals surface area (Å²) in [5.74, 6) is -0.660. The molecular formula is C27H35NO6S. The fourth-order valence-corrected chi connectivity index (χ4v) is 6.23. The Morgan fingerprint density at radius 1 is 0.886 bits per heavy atom. The normalized spacial score (nSPS) is 21.0. The van der Waals surface area contributed by atoms with Crippen LogP contribution in [-0.4, -0.2) is 47.9 Å². The molecule has 1 aliphatic heterocycles. The number of nitrogens with zero attached hydrogens (tertiary/aromatic N) is 1. The van der Waals surface area contributed by atoms with Crippen LogP contribution in [0.4, 0.5) is 4.79 Å². The van der Waals surface area contributed by atoms with Crippen LogP contribution in [0.15, 0.2) is 59.5 Å². The predicted octanol–water partition coefficient (Wildman–Crippen LogP) is 5.23. The first-order valence-electron chi connectivity index (χ1n) is 11.7. The van der Waals surface area contributed by atoms with E-state index in [1.165, 1.54) is 17.0 Å². The molecule has 0 saturated carbocycles. The summed E-state index contributed by atoms with van der Waals surface area (Å²) in [7, 11) is -3.93. The van der Waals surface area contributed by atoms with Crippen molar-refractivity contribution in [1.82, 2.24) is 4.90 Å². The zero-order valence-corrected chi connectivity index (χ0v) is 22.3. The lowest BCUT2D eigenvalue weighted by Gasteiger charge is -2.34. The van der Waals surface area contributed by atoms with Crippen LogP contribution in [0.3, 0.4) is 0 Å². The van der Waals surface area contributed by atoms with Gasteiger partial charge in [-0.25, -0.2) is 18.0 Å². The predicted molar refractivity (Wildman–Crippen MR) is 134 cm³/mol. The molecule has 0 radical (unpaired) electrons. The van der Waals surface area contributed by atoms with Gasteiger partial charge in [0.1, 0.15) is 17.2 Å². The minimum absolute atomic E-state index is 0.107. The molecule has 190 valence electrons. The van der Waals surface area contributed by atoms with Crippen molar-refractivity contribution >= 4 is 21.9 Å². The molecule has 3 rings (SSSR count). The number of sulfone groups is 1. The first-order valence-corrected chi connectivity index (χ1v) is 13.2. The first kappa shape index (κ1) is 26.7. The van der Waals surface area contributed by atoms with Gasteiger partial charge in [-0.15, -0.1) is 0 Å². The molecule has 0 N–H and O–H groups in total. The van der Waals surface area contributed by atoms with Gasteiger partial charge in [-0.3, -0.25) is 4.90 Å². The second-order valence-electron chi connectivity index (χ2n) is 10.9. The minimum atomic E-state index is -3.93. The van der Waals surface area contributed by atoms with Crippen LogP contribution in [0.5, 0.6) is 0 Å². The van der Waals surface area contributed by atoms with Gasteiger partial charge in [-0.1, -0.05) is 48.0 Å². The highest BCUT2D eigenvalue weighted by Gasteiger charge is 2.55. The highest BCUT2D eigenvalue weighted by atomic mass is 32.2. The molecule has 0 bridgehead atoms. The van der Waals surface area contributed by atoms with E-state index in [9.17, 15) is 18.0 Å². The van der Waals surface area contributed by atoms with E-state index in [2.05, 4.69) is 0 Å². The Balaban J connectivity index is 2.20. The molecule has 35 heavy (non-hydrogen) atoms. The molecule has 1 aliphatic rings. The maximum atomic E-state index is 13.9. The summed E-state index contributed by atoms with van der Waals surface area (Å²) in [5, 5.41) is -1.07. The molecule has 3 atom stereocenters. The Morgan fingerprint density at radius 3 is 2.03 bits per heavy atom. The number of benzene rings is 2. The maximum Gasteiger partial charge on any atom is 0.411 e. The van der Waals surface area contributed by atoms with E-state index < -0.39 is 50.4 Å². The molecule has 1 heterocycles. The largest absolute Gasteiger partial charge is 0.458 e. The van der Waals surface area contributed by atoms with Crippen LogP contribution in [0, 0.1) is 6.92 Å². The van der Waals surface area contributed by atoms with E-state index in [0.29, 0.717) is 5.56 Å². The van der Waals surface area contributed by atoms with Gasteiger partial charge in [-0.2, -0.15) is 0 Å². The smallest absolute Gasteiger partial charge is 0.411 e. The highest BCUT2D eigenvalue weighted by molar-refractivity contribution is 7.92. The molecule has 2 aromatic carbocycles. The number of hydrogen-bond donors (Lipinski definition) is 0. The number of hydrogen-bond acceptors (Lipinski definition) is 6. The lowest BCUT2D eigenvalue weighted by Crippen LogP contribution is -2.47. The summed E-state index contributed by atoms with van der Waals surface area (Å²) in [6.07, 6.45) is -0.866. The van der Waals surface area contributed by atoms with Crippen molar-refractivity contribution in [1.29, 1.82) is 0 Å². The van der Waals surface area contributed by atoms with Crippen LogP contribution in [0.25, 0.3) is 0 Å². The molecule has 0 spiro atoms. The molecule has 7 nitrogen and oxygen atoms in total. The maximum absolute atomic E-state index is 13.9. The molecule has 1 amide bonds. The molecule has 1 saturated heterocycles. The fraction of sp³-hybridized carbons (Fsp3) is 0.481. The van der Waals surface area contributed by atoms with Crippen molar-refractivity contribution in [2.24, 2.45) is 0 Å². The van der Waals surface area contributed by atoms with E-state index in [1.54, 1.807) is 65.8 Å². The van der Waals surface area contributed by atoms with Crippen molar-refractivity contribution in [3.05, 3.63) is 65.7 Å². The van der Waals surface area contributed by atoms with Crippen LogP contribution in [-0.2, 0) is 24.1 Å². The lowest BCUT2D eigenvalue weighted by atomic mass is 10.0. The molecule has 2 aromatic rings. The van der Waals surface area contributed by atoms with Crippen LogP contribution in [0.1, 0.15) is 65.1 Å². The zero-order valence-electron chi connectivity index (χ0n) is 21.4. The quantitative estimate of drug-likeness (QED) is 0.533. The molecular weight excluding hydrogens is 466 g/mol. The SMILES string of the molecule is Cc1cccc(C2C(S(=O)(=O)c3ccccc3)C[C@@H](C(=O)OC(C)(C)C)N2C(=O)OC(C)(C)C)c1. The van der Waals surface area contributed by atoms with E-state index in [4.69, 9.17) is 9.47 Å². The number of carbonyl (C=O) groups excluding carboxylic acids is 2. The van der Waals surface area contributed by atoms with Crippen molar-refractivity contribution in [3.63, 3.8) is 0 Å². The van der Waals surface area contributed by atoms with Gasteiger partial charge < -0.3 is 9.47 Å². The average Bonchev–Trinajstić information content (AvgIpc) is 3.14. The summed E-state index contributed by atoms with van der Waals surface area (Å²) in [6.45, 7) is 12.3. The van der Waals surface area contributed by atoms with Gasteiger partial charge in [0.2, 0.25) is 0 Å². The van der Waals surface area contributed by atoms with Gasteiger partial charge >= 0.3 is 12.1 Å². The van der Waals surface area contributed by atoms with Crippen molar-refractivity contribution in [2.45, 2.75) is 88.3 Å².